The topological polar surface area (TPSA) is 63.7 Å². The van der Waals surface area contributed by atoms with Crippen molar-refractivity contribution in [2.75, 3.05) is 11.5 Å². The van der Waals surface area contributed by atoms with E-state index in [0.717, 1.165) is 22.3 Å². The number of rotatable bonds is 3. The first-order valence-electron chi connectivity index (χ1n) is 11.0. The molecule has 33 heavy (non-hydrogen) atoms. The van der Waals surface area contributed by atoms with Crippen LogP contribution in [0.15, 0.2) is 72.8 Å². The van der Waals surface area contributed by atoms with Gasteiger partial charge in [0.1, 0.15) is 0 Å². The number of halogens is 1. The molecule has 7 rings (SSSR count). The van der Waals surface area contributed by atoms with Gasteiger partial charge in [0.15, 0.2) is 0 Å². The largest absolute Gasteiger partial charge is 0.462 e. The van der Waals surface area contributed by atoms with Crippen molar-refractivity contribution >= 4 is 39.4 Å². The van der Waals surface area contributed by atoms with Gasteiger partial charge in [0.2, 0.25) is 11.8 Å². The second-order valence-corrected chi connectivity index (χ2v) is 9.90. The monoisotopic (exact) mass is 501 g/mol. The standard InChI is InChI=1S/C27H20BrNO4/c1-2-33-26(32)15-11-13-16(14-12-15)29-24(30)22-21-17-7-3-5-9-19(17)27(28,23(22)25(29)31)20-10-6-4-8-18(20)21/h3-14,21-23H,2H2,1H3/t21?,22-,23+,27?/m0/s1. The first-order chi connectivity index (χ1) is 16.0. The summed E-state index contributed by atoms with van der Waals surface area (Å²) in [7, 11) is 0. The molecule has 0 radical (unpaired) electrons. The van der Waals surface area contributed by atoms with E-state index in [9.17, 15) is 14.4 Å². The molecule has 1 heterocycles. The third kappa shape index (κ3) is 2.55. The lowest BCUT2D eigenvalue weighted by molar-refractivity contribution is -0.122. The molecule has 0 unspecified atom stereocenters. The lowest BCUT2D eigenvalue weighted by atomic mass is 9.55. The maximum Gasteiger partial charge on any atom is 0.338 e. The Hall–Kier alpha value is -3.25. The molecule has 2 bridgehead atoms. The van der Waals surface area contributed by atoms with Gasteiger partial charge in [0, 0.05) is 5.92 Å². The van der Waals surface area contributed by atoms with Crippen molar-refractivity contribution in [1.29, 1.82) is 0 Å². The number of carbonyl (C=O) groups is 3. The number of hydrogen-bond donors (Lipinski definition) is 0. The number of hydrogen-bond acceptors (Lipinski definition) is 4. The average Bonchev–Trinajstić information content (AvgIpc) is 3.11. The van der Waals surface area contributed by atoms with Gasteiger partial charge in [-0.05, 0) is 53.4 Å². The number of alkyl halides is 1. The molecule has 0 saturated carbocycles. The number of amides is 2. The third-order valence-corrected chi connectivity index (χ3v) is 8.50. The van der Waals surface area contributed by atoms with E-state index < -0.39 is 22.1 Å². The third-order valence-electron chi connectivity index (χ3n) is 7.15. The van der Waals surface area contributed by atoms with E-state index in [2.05, 4.69) is 40.2 Å². The molecule has 164 valence electrons. The first-order valence-corrected chi connectivity index (χ1v) is 11.8. The van der Waals surface area contributed by atoms with Gasteiger partial charge >= 0.3 is 5.97 Å². The summed E-state index contributed by atoms with van der Waals surface area (Å²) < 4.78 is 4.27. The Morgan fingerprint density at radius 2 is 1.48 bits per heavy atom. The maximum atomic E-state index is 13.9. The highest BCUT2D eigenvalue weighted by atomic mass is 79.9. The summed E-state index contributed by atoms with van der Waals surface area (Å²) in [6.07, 6.45) is 0. The molecule has 0 aromatic heterocycles. The van der Waals surface area contributed by atoms with E-state index in [-0.39, 0.29) is 24.3 Å². The summed E-state index contributed by atoms with van der Waals surface area (Å²) in [6.45, 7) is 2.03. The summed E-state index contributed by atoms with van der Waals surface area (Å²) in [6, 6.07) is 22.6. The second-order valence-electron chi connectivity index (χ2n) is 8.65. The van der Waals surface area contributed by atoms with Crippen molar-refractivity contribution in [1.82, 2.24) is 0 Å². The predicted molar refractivity (Wildman–Crippen MR) is 126 cm³/mol. The SMILES string of the molecule is CCOC(=O)c1ccc(N2C(=O)[C@H]3C4c5ccccc5C(Br)(c5ccccc54)[C@H]3C2=O)cc1. The Morgan fingerprint density at radius 1 is 0.909 bits per heavy atom. The minimum Gasteiger partial charge on any atom is -0.462 e. The van der Waals surface area contributed by atoms with E-state index in [1.165, 1.54) is 4.90 Å². The number of nitrogens with zero attached hydrogens (tertiary/aromatic N) is 1. The van der Waals surface area contributed by atoms with Gasteiger partial charge in [-0.25, -0.2) is 9.69 Å². The van der Waals surface area contributed by atoms with Crippen molar-refractivity contribution in [2.45, 2.75) is 17.2 Å². The van der Waals surface area contributed by atoms with Crippen LogP contribution in [-0.2, 0) is 18.7 Å². The number of carbonyl (C=O) groups excluding carboxylic acids is 3. The fraction of sp³-hybridized carbons (Fsp3) is 0.222. The highest BCUT2D eigenvalue weighted by molar-refractivity contribution is 9.09. The Kier molecular flexibility index (Phi) is 4.40. The second kappa shape index (κ2) is 7.12. The van der Waals surface area contributed by atoms with Gasteiger partial charge in [0.05, 0.1) is 34.0 Å². The van der Waals surface area contributed by atoms with Crippen molar-refractivity contribution < 1.29 is 19.1 Å². The quantitative estimate of drug-likeness (QED) is 0.294. The van der Waals surface area contributed by atoms with Crippen LogP contribution in [0.1, 0.15) is 45.5 Å². The summed E-state index contributed by atoms with van der Waals surface area (Å²) >= 11 is 3.99. The van der Waals surface area contributed by atoms with Crippen molar-refractivity contribution in [2.24, 2.45) is 11.8 Å². The van der Waals surface area contributed by atoms with Crippen LogP contribution in [0, 0.1) is 11.8 Å². The van der Waals surface area contributed by atoms with E-state index in [1.807, 2.05) is 24.3 Å². The van der Waals surface area contributed by atoms with Crippen LogP contribution in [0.2, 0.25) is 0 Å². The molecule has 2 amide bonds. The van der Waals surface area contributed by atoms with Gasteiger partial charge in [-0.2, -0.15) is 0 Å². The molecule has 2 atom stereocenters. The van der Waals surface area contributed by atoms with Crippen LogP contribution in [-0.4, -0.2) is 24.4 Å². The molecule has 1 aliphatic heterocycles. The molecule has 0 spiro atoms. The van der Waals surface area contributed by atoms with Crippen LogP contribution in [0.5, 0.6) is 0 Å². The minimum atomic E-state index is -0.772. The van der Waals surface area contributed by atoms with Gasteiger partial charge in [0.25, 0.3) is 0 Å². The lowest BCUT2D eigenvalue weighted by Crippen LogP contribution is -2.50. The van der Waals surface area contributed by atoms with Gasteiger partial charge < -0.3 is 4.74 Å². The Balaban J connectivity index is 1.48. The Morgan fingerprint density at radius 3 is 2.06 bits per heavy atom. The van der Waals surface area contributed by atoms with Crippen LogP contribution in [0.4, 0.5) is 5.69 Å². The smallest absolute Gasteiger partial charge is 0.338 e. The van der Waals surface area contributed by atoms with Gasteiger partial charge in [-0.3, -0.25) is 9.59 Å². The van der Waals surface area contributed by atoms with Crippen molar-refractivity contribution in [3.63, 3.8) is 0 Å². The number of imide groups is 1. The highest BCUT2D eigenvalue weighted by Crippen LogP contribution is 2.66. The molecular weight excluding hydrogens is 482 g/mol. The zero-order chi connectivity index (χ0) is 22.9. The molecule has 3 aliphatic carbocycles. The van der Waals surface area contributed by atoms with E-state index >= 15 is 0 Å². The zero-order valence-electron chi connectivity index (χ0n) is 17.8. The molecule has 3 aromatic rings. The first kappa shape index (κ1) is 20.4. The molecular formula is C27H20BrNO4. The number of anilines is 1. The van der Waals surface area contributed by atoms with Crippen LogP contribution < -0.4 is 4.90 Å². The summed E-state index contributed by atoms with van der Waals surface area (Å²) in [5.74, 6) is -2.08. The molecule has 1 saturated heterocycles. The van der Waals surface area contributed by atoms with Crippen LogP contribution >= 0.6 is 15.9 Å². The fourth-order valence-electron chi connectivity index (χ4n) is 5.89. The summed E-state index contributed by atoms with van der Waals surface area (Å²) in [4.78, 5) is 41.0. The normalized spacial score (nSPS) is 26.6. The highest BCUT2D eigenvalue weighted by Gasteiger charge is 2.67. The lowest BCUT2D eigenvalue weighted by Gasteiger charge is -2.51. The minimum absolute atomic E-state index is 0.179. The molecule has 5 nitrogen and oxygen atoms in total. The molecule has 0 N–H and O–H groups in total. The average molecular weight is 502 g/mol. The van der Waals surface area contributed by atoms with Gasteiger partial charge in [-0.1, -0.05) is 64.5 Å². The van der Waals surface area contributed by atoms with Gasteiger partial charge in [-0.15, -0.1) is 0 Å². The summed E-state index contributed by atoms with van der Waals surface area (Å²) in [5, 5.41) is 0. The predicted octanol–water partition coefficient (Wildman–Crippen LogP) is 4.77. The number of benzene rings is 3. The zero-order valence-corrected chi connectivity index (χ0v) is 19.4. The van der Waals surface area contributed by atoms with E-state index in [4.69, 9.17) is 4.74 Å². The van der Waals surface area contributed by atoms with E-state index in [0.29, 0.717) is 11.3 Å². The van der Waals surface area contributed by atoms with Crippen molar-refractivity contribution in [3.8, 4) is 0 Å². The number of ether oxygens (including phenoxy) is 1. The molecule has 4 aliphatic rings. The molecule has 3 aromatic carbocycles. The summed E-state index contributed by atoms with van der Waals surface area (Å²) in [5.41, 5.74) is 5.14. The van der Waals surface area contributed by atoms with Crippen LogP contribution in [0.3, 0.4) is 0 Å². The van der Waals surface area contributed by atoms with Crippen LogP contribution in [0.25, 0.3) is 0 Å². The molecule has 6 heteroatoms. The van der Waals surface area contributed by atoms with Crippen molar-refractivity contribution in [3.05, 3.63) is 101 Å². The fourth-order valence-corrected chi connectivity index (χ4v) is 7.10. The van der Waals surface area contributed by atoms with E-state index in [1.54, 1.807) is 31.2 Å². The Labute approximate surface area is 199 Å². The molecule has 1 fully saturated rings. The maximum absolute atomic E-state index is 13.9. The Bertz CT molecular complexity index is 1280. The number of esters is 1.